The topological polar surface area (TPSA) is 72.6 Å². The van der Waals surface area contributed by atoms with Crippen molar-refractivity contribution in [3.8, 4) is 0 Å². The van der Waals surface area contributed by atoms with E-state index in [0.717, 1.165) is 0 Å². The summed E-state index contributed by atoms with van der Waals surface area (Å²) >= 11 is 0. The van der Waals surface area contributed by atoms with Crippen LogP contribution < -0.4 is 5.73 Å². The second kappa shape index (κ2) is 3.24. The van der Waals surface area contributed by atoms with Crippen molar-refractivity contribution in [2.24, 2.45) is 11.1 Å². The maximum absolute atomic E-state index is 11.1. The van der Waals surface area contributed by atoms with Crippen LogP contribution in [0.15, 0.2) is 0 Å². The van der Waals surface area contributed by atoms with Gasteiger partial charge in [0.15, 0.2) is 0 Å². The second-order valence-electron chi connectivity index (χ2n) is 3.57. The van der Waals surface area contributed by atoms with Crippen molar-refractivity contribution in [2.75, 3.05) is 20.2 Å². The molecule has 0 radical (unpaired) electrons. The highest BCUT2D eigenvalue weighted by molar-refractivity contribution is 5.82. The summed E-state index contributed by atoms with van der Waals surface area (Å²) in [6.07, 6.45) is 0.210. The lowest BCUT2D eigenvalue weighted by Gasteiger charge is -2.19. The summed E-state index contributed by atoms with van der Waals surface area (Å²) in [5.41, 5.74) is 4.63. The van der Waals surface area contributed by atoms with Gasteiger partial charge in [0.2, 0.25) is 5.91 Å². The molecule has 0 aromatic heterocycles. The third-order valence-corrected chi connectivity index (χ3v) is 2.50. The molecular weight excluding hydrogens is 172 g/mol. The van der Waals surface area contributed by atoms with Crippen molar-refractivity contribution >= 4 is 12.0 Å². The number of hydrogen-bond acceptors (Lipinski definition) is 3. The van der Waals surface area contributed by atoms with E-state index < -0.39 is 11.5 Å². The molecule has 0 spiro atoms. The van der Waals surface area contributed by atoms with E-state index in [1.807, 2.05) is 0 Å². The average molecular weight is 186 g/mol. The number of primary amides is 1. The Balaban J connectivity index is 2.63. The van der Waals surface area contributed by atoms with E-state index in [4.69, 9.17) is 5.73 Å². The monoisotopic (exact) mass is 186 g/mol. The lowest BCUT2D eigenvalue weighted by molar-refractivity contribution is -0.126. The van der Waals surface area contributed by atoms with Gasteiger partial charge in [-0.05, 0) is 13.3 Å². The number of ether oxygens (including phenoxy) is 1. The zero-order valence-electron chi connectivity index (χ0n) is 7.87. The van der Waals surface area contributed by atoms with E-state index in [9.17, 15) is 9.59 Å². The summed E-state index contributed by atoms with van der Waals surface area (Å²) in [6, 6.07) is 0. The fourth-order valence-corrected chi connectivity index (χ4v) is 1.45. The summed E-state index contributed by atoms with van der Waals surface area (Å²) in [6.45, 7) is 2.65. The Labute approximate surface area is 76.8 Å². The number of carbonyl (C=O) groups excluding carboxylic acids is 2. The van der Waals surface area contributed by atoms with E-state index in [1.165, 1.54) is 12.0 Å². The maximum atomic E-state index is 11.1. The first-order valence-electron chi connectivity index (χ1n) is 4.12. The SMILES string of the molecule is COC(=O)N1CCC(C)(C(N)=O)C1. The third-order valence-electron chi connectivity index (χ3n) is 2.50. The van der Waals surface area contributed by atoms with Crippen molar-refractivity contribution in [3.63, 3.8) is 0 Å². The van der Waals surface area contributed by atoms with E-state index in [-0.39, 0.29) is 5.91 Å². The maximum Gasteiger partial charge on any atom is 0.409 e. The van der Waals surface area contributed by atoms with Crippen molar-refractivity contribution in [1.82, 2.24) is 4.90 Å². The van der Waals surface area contributed by atoms with Crippen LogP contribution in [0, 0.1) is 5.41 Å². The Bertz CT molecular complexity index is 242. The van der Waals surface area contributed by atoms with Crippen LogP contribution in [0.2, 0.25) is 0 Å². The number of amides is 2. The molecule has 5 heteroatoms. The molecule has 0 saturated carbocycles. The normalized spacial score (nSPS) is 27.4. The van der Waals surface area contributed by atoms with Crippen LogP contribution in [0.4, 0.5) is 4.79 Å². The Morgan fingerprint density at radius 2 is 2.15 bits per heavy atom. The molecule has 1 heterocycles. The highest BCUT2D eigenvalue weighted by atomic mass is 16.5. The highest BCUT2D eigenvalue weighted by Gasteiger charge is 2.40. The van der Waals surface area contributed by atoms with Gasteiger partial charge in [0, 0.05) is 13.1 Å². The number of rotatable bonds is 1. The van der Waals surface area contributed by atoms with Gasteiger partial charge in [0.05, 0.1) is 12.5 Å². The van der Waals surface area contributed by atoms with Crippen LogP contribution in [0.3, 0.4) is 0 Å². The number of carbonyl (C=O) groups is 2. The first-order valence-corrected chi connectivity index (χ1v) is 4.12. The van der Waals surface area contributed by atoms with Gasteiger partial charge >= 0.3 is 6.09 Å². The number of methoxy groups -OCH3 is 1. The average Bonchev–Trinajstić information content (AvgIpc) is 2.48. The number of nitrogens with two attached hydrogens (primary N) is 1. The fourth-order valence-electron chi connectivity index (χ4n) is 1.45. The minimum absolute atomic E-state index is 0.356. The first kappa shape index (κ1) is 9.83. The predicted molar refractivity (Wildman–Crippen MR) is 45.9 cm³/mol. The molecular formula is C8H14N2O3. The molecule has 0 aliphatic carbocycles. The van der Waals surface area contributed by atoms with Gasteiger partial charge in [-0.1, -0.05) is 0 Å². The van der Waals surface area contributed by atoms with Crippen LogP contribution >= 0.6 is 0 Å². The molecule has 1 fully saturated rings. The number of nitrogens with zero attached hydrogens (tertiary/aromatic N) is 1. The molecule has 74 valence electrons. The zero-order chi connectivity index (χ0) is 10.1. The van der Waals surface area contributed by atoms with Crippen LogP contribution in [0.25, 0.3) is 0 Å². The quantitative estimate of drug-likeness (QED) is 0.624. The fraction of sp³-hybridized carbons (Fsp3) is 0.750. The van der Waals surface area contributed by atoms with Gasteiger partial charge in [-0.25, -0.2) is 4.79 Å². The lowest BCUT2D eigenvalue weighted by atomic mass is 9.89. The Morgan fingerprint density at radius 3 is 2.54 bits per heavy atom. The summed E-state index contributed by atoms with van der Waals surface area (Å²) in [5, 5.41) is 0. The van der Waals surface area contributed by atoms with Crippen molar-refractivity contribution in [2.45, 2.75) is 13.3 Å². The molecule has 1 unspecified atom stereocenters. The zero-order valence-corrected chi connectivity index (χ0v) is 7.87. The number of hydrogen-bond donors (Lipinski definition) is 1. The highest BCUT2D eigenvalue weighted by Crippen LogP contribution is 2.29. The van der Waals surface area contributed by atoms with Gasteiger partial charge in [-0.15, -0.1) is 0 Å². The summed E-state index contributed by atoms with van der Waals surface area (Å²) in [4.78, 5) is 23.6. The van der Waals surface area contributed by atoms with Gasteiger partial charge in [0.1, 0.15) is 0 Å². The molecule has 1 rings (SSSR count). The molecule has 1 aliphatic rings. The van der Waals surface area contributed by atoms with Crippen LogP contribution in [-0.4, -0.2) is 37.1 Å². The van der Waals surface area contributed by atoms with E-state index in [0.29, 0.717) is 19.5 Å². The molecule has 2 N–H and O–H groups in total. The molecule has 1 aliphatic heterocycles. The summed E-state index contributed by atoms with van der Waals surface area (Å²) < 4.78 is 4.54. The Kier molecular flexibility index (Phi) is 2.45. The Morgan fingerprint density at radius 1 is 1.54 bits per heavy atom. The molecule has 0 aromatic carbocycles. The molecule has 2 amide bonds. The second-order valence-corrected chi connectivity index (χ2v) is 3.57. The van der Waals surface area contributed by atoms with Crippen LogP contribution in [0.1, 0.15) is 13.3 Å². The van der Waals surface area contributed by atoms with Gasteiger partial charge in [0.25, 0.3) is 0 Å². The van der Waals surface area contributed by atoms with E-state index in [1.54, 1.807) is 6.92 Å². The van der Waals surface area contributed by atoms with Crippen molar-refractivity contribution in [3.05, 3.63) is 0 Å². The van der Waals surface area contributed by atoms with Crippen LogP contribution in [-0.2, 0) is 9.53 Å². The third kappa shape index (κ3) is 1.74. The number of likely N-dealkylation sites (tertiary alicyclic amines) is 1. The Hall–Kier alpha value is -1.26. The van der Waals surface area contributed by atoms with Gasteiger partial charge < -0.3 is 15.4 Å². The molecule has 0 aromatic rings. The van der Waals surface area contributed by atoms with Crippen molar-refractivity contribution in [1.29, 1.82) is 0 Å². The first-order chi connectivity index (χ1) is 5.99. The van der Waals surface area contributed by atoms with E-state index in [2.05, 4.69) is 4.74 Å². The smallest absolute Gasteiger partial charge is 0.409 e. The standard InChI is InChI=1S/C8H14N2O3/c1-8(6(9)11)3-4-10(5-8)7(12)13-2/h3-5H2,1-2H3,(H2,9,11). The molecule has 1 atom stereocenters. The largest absolute Gasteiger partial charge is 0.453 e. The van der Waals surface area contributed by atoms with Gasteiger partial charge in [-0.2, -0.15) is 0 Å². The summed E-state index contributed by atoms with van der Waals surface area (Å²) in [7, 11) is 1.32. The molecule has 13 heavy (non-hydrogen) atoms. The summed E-state index contributed by atoms with van der Waals surface area (Å²) in [5.74, 6) is -0.362. The van der Waals surface area contributed by atoms with Gasteiger partial charge in [-0.3, -0.25) is 4.79 Å². The van der Waals surface area contributed by atoms with Crippen molar-refractivity contribution < 1.29 is 14.3 Å². The lowest BCUT2D eigenvalue weighted by Crippen LogP contribution is -2.38. The predicted octanol–water partition coefficient (Wildman–Crippen LogP) is -0.0499. The molecule has 5 nitrogen and oxygen atoms in total. The molecule has 0 bridgehead atoms. The minimum atomic E-state index is -0.589. The minimum Gasteiger partial charge on any atom is -0.453 e. The van der Waals surface area contributed by atoms with Crippen LogP contribution in [0.5, 0.6) is 0 Å². The molecule has 1 saturated heterocycles. The van der Waals surface area contributed by atoms with E-state index >= 15 is 0 Å².